The van der Waals surface area contributed by atoms with Crippen LogP contribution in [-0.4, -0.2) is 55.6 Å². The Kier molecular flexibility index (Phi) is 5.61. The number of aliphatic hydroxyl groups excluding tert-OH is 1. The maximum absolute atomic E-state index is 13.2. The normalized spacial score (nSPS) is 15.7. The molecule has 3 aromatic rings. The van der Waals surface area contributed by atoms with E-state index >= 15 is 0 Å². The molecule has 2 aromatic heterocycles. The number of imidazole rings is 1. The minimum absolute atomic E-state index is 0.131. The lowest BCUT2D eigenvalue weighted by atomic mass is 9.91. The quantitative estimate of drug-likeness (QED) is 0.536. The fourth-order valence-corrected chi connectivity index (χ4v) is 3.85. The van der Waals surface area contributed by atoms with Crippen LogP contribution in [0.3, 0.4) is 0 Å². The highest BCUT2D eigenvalue weighted by atomic mass is 16.5. The summed E-state index contributed by atoms with van der Waals surface area (Å²) in [5, 5.41) is 13.0. The molecular formula is C22H26N3O5+. The van der Waals surface area contributed by atoms with E-state index in [1.165, 1.54) is 0 Å². The largest absolute Gasteiger partial charge is 0.493 e. The number of benzene rings is 1. The highest BCUT2D eigenvalue weighted by molar-refractivity contribution is 5.92. The van der Waals surface area contributed by atoms with Gasteiger partial charge in [-0.3, -0.25) is 4.79 Å². The summed E-state index contributed by atoms with van der Waals surface area (Å²) in [4.78, 5) is 16.5. The number of nitrogens with zero attached hydrogens (tertiary/aromatic N) is 1. The zero-order chi connectivity index (χ0) is 21.1. The molecule has 1 amide bonds. The summed E-state index contributed by atoms with van der Waals surface area (Å²) in [5.74, 6) is 1.34. The van der Waals surface area contributed by atoms with Crippen LogP contribution in [0.25, 0.3) is 16.8 Å². The standard InChI is InChI=1S/C22H25N3O5/c1-28-17-7-6-15(13-18(17)29-2)19-16-5-3-4-10-25(16)20(23-19)21(27)24-22(14-26)8-11-30-12-9-22/h3-7,10,13,26H,8-9,11-12,14H2,1-2H3,(H,24,27)/p+1. The SMILES string of the molecule is COc1ccc(-c2[nH]c(C(=O)NC3(CO)CCOCC3)[n+]3ccccc23)cc1OC. The van der Waals surface area contributed by atoms with Gasteiger partial charge >= 0.3 is 11.7 Å². The highest BCUT2D eigenvalue weighted by Crippen LogP contribution is 2.33. The van der Waals surface area contributed by atoms with Crippen molar-refractivity contribution in [2.24, 2.45) is 0 Å². The minimum atomic E-state index is -0.675. The maximum atomic E-state index is 13.2. The highest BCUT2D eigenvalue weighted by Gasteiger charge is 2.37. The number of pyridine rings is 1. The van der Waals surface area contributed by atoms with E-state index in [9.17, 15) is 9.90 Å². The van der Waals surface area contributed by atoms with Crippen LogP contribution in [0.2, 0.25) is 0 Å². The van der Waals surface area contributed by atoms with Gasteiger partial charge in [0.2, 0.25) is 0 Å². The molecule has 8 nitrogen and oxygen atoms in total. The van der Waals surface area contributed by atoms with Gasteiger partial charge < -0.3 is 24.6 Å². The molecule has 1 fully saturated rings. The second-order valence-corrected chi connectivity index (χ2v) is 7.38. The molecule has 1 saturated heterocycles. The molecule has 3 N–H and O–H groups in total. The first kappa shape index (κ1) is 20.2. The van der Waals surface area contributed by atoms with Crippen LogP contribution in [0.1, 0.15) is 23.5 Å². The van der Waals surface area contributed by atoms with Gasteiger partial charge in [-0.25, -0.2) is 4.98 Å². The Morgan fingerprint density at radius 1 is 1.20 bits per heavy atom. The molecule has 158 valence electrons. The Morgan fingerprint density at radius 3 is 2.67 bits per heavy atom. The number of methoxy groups -OCH3 is 2. The number of carbonyl (C=O) groups excluding carboxylic acids is 1. The van der Waals surface area contributed by atoms with E-state index in [-0.39, 0.29) is 12.5 Å². The monoisotopic (exact) mass is 412 g/mol. The molecule has 1 aliphatic rings. The van der Waals surface area contributed by atoms with Gasteiger partial charge in [-0.2, -0.15) is 4.40 Å². The van der Waals surface area contributed by atoms with Crippen molar-refractivity contribution in [3.63, 3.8) is 0 Å². The Labute approximate surface area is 174 Å². The molecule has 30 heavy (non-hydrogen) atoms. The number of amides is 1. The van der Waals surface area contributed by atoms with Crippen molar-refractivity contribution in [2.75, 3.05) is 34.0 Å². The van der Waals surface area contributed by atoms with E-state index < -0.39 is 5.54 Å². The van der Waals surface area contributed by atoms with Crippen LogP contribution in [0, 0.1) is 0 Å². The predicted molar refractivity (Wildman–Crippen MR) is 110 cm³/mol. The third-order valence-corrected chi connectivity index (χ3v) is 5.62. The molecular weight excluding hydrogens is 386 g/mol. The molecule has 0 saturated carbocycles. The number of rotatable bonds is 6. The number of aromatic amines is 1. The topological polar surface area (TPSA) is 96.9 Å². The van der Waals surface area contributed by atoms with Gasteiger partial charge in [-0.15, -0.1) is 0 Å². The van der Waals surface area contributed by atoms with Crippen molar-refractivity contribution in [3.05, 3.63) is 48.4 Å². The fourth-order valence-electron chi connectivity index (χ4n) is 3.85. The average Bonchev–Trinajstić information content (AvgIpc) is 3.19. The molecule has 1 aliphatic heterocycles. The van der Waals surface area contributed by atoms with E-state index in [0.717, 1.165) is 16.8 Å². The second-order valence-electron chi connectivity index (χ2n) is 7.38. The summed E-state index contributed by atoms with van der Waals surface area (Å²) in [6, 6.07) is 11.3. The van der Waals surface area contributed by atoms with Gasteiger partial charge in [0, 0.05) is 18.8 Å². The number of hydrogen-bond donors (Lipinski definition) is 3. The summed E-state index contributed by atoms with van der Waals surface area (Å²) in [7, 11) is 3.18. The molecule has 0 spiro atoms. The summed E-state index contributed by atoms with van der Waals surface area (Å²) in [6.07, 6.45) is 2.97. The molecule has 1 aromatic carbocycles. The Balaban J connectivity index is 1.75. The van der Waals surface area contributed by atoms with Crippen LogP contribution in [0.15, 0.2) is 42.6 Å². The molecule has 8 heteroatoms. The third kappa shape index (κ3) is 3.59. The van der Waals surface area contributed by atoms with Gasteiger partial charge in [0.05, 0.1) is 32.6 Å². The summed E-state index contributed by atoms with van der Waals surface area (Å²) in [5.41, 5.74) is 1.82. The number of ether oxygens (including phenoxy) is 3. The van der Waals surface area contributed by atoms with Gasteiger partial charge in [0.15, 0.2) is 22.7 Å². The van der Waals surface area contributed by atoms with Crippen LogP contribution >= 0.6 is 0 Å². The van der Waals surface area contributed by atoms with Gasteiger partial charge in [0.1, 0.15) is 0 Å². The fraction of sp³-hybridized carbons (Fsp3) is 0.364. The first-order chi connectivity index (χ1) is 14.6. The van der Waals surface area contributed by atoms with Crippen molar-refractivity contribution in [1.29, 1.82) is 0 Å². The molecule has 0 unspecified atom stereocenters. The number of fused-ring (bicyclic) bond motifs is 1. The summed E-state index contributed by atoms with van der Waals surface area (Å²) < 4.78 is 18.0. The Hall–Kier alpha value is -3.10. The smallest absolute Gasteiger partial charge is 0.351 e. The van der Waals surface area contributed by atoms with E-state index in [4.69, 9.17) is 14.2 Å². The van der Waals surface area contributed by atoms with Gasteiger partial charge in [-0.1, -0.05) is 6.07 Å². The number of aliphatic hydroxyl groups is 1. The van der Waals surface area contributed by atoms with E-state index in [1.807, 2.05) is 47.0 Å². The van der Waals surface area contributed by atoms with Crippen LogP contribution in [0.5, 0.6) is 11.5 Å². The number of aromatic nitrogens is 2. The van der Waals surface area contributed by atoms with Gasteiger partial charge in [-0.05, 0) is 43.2 Å². The lowest BCUT2D eigenvalue weighted by Gasteiger charge is -2.35. The minimum Gasteiger partial charge on any atom is -0.493 e. The van der Waals surface area contributed by atoms with Crippen molar-refractivity contribution < 1.29 is 28.5 Å². The predicted octanol–water partition coefficient (Wildman–Crippen LogP) is 1.71. The summed E-state index contributed by atoms with van der Waals surface area (Å²) in [6.45, 7) is 0.890. The van der Waals surface area contributed by atoms with Crippen LogP contribution < -0.4 is 19.2 Å². The van der Waals surface area contributed by atoms with E-state index in [0.29, 0.717) is 43.4 Å². The first-order valence-electron chi connectivity index (χ1n) is 9.87. The molecule has 0 atom stereocenters. The number of nitrogens with one attached hydrogen (secondary N) is 2. The van der Waals surface area contributed by atoms with Crippen LogP contribution in [-0.2, 0) is 4.74 Å². The zero-order valence-electron chi connectivity index (χ0n) is 17.1. The van der Waals surface area contributed by atoms with Crippen molar-refractivity contribution in [1.82, 2.24) is 10.3 Å². The zero-order valence-corrected chi connectivity index (χ0v) is 17.1. The molecule has 4 rings (SSSR count). The Morgan fingerprint density at radius 2 is 1.97 bits per heavy atom. The van der Waals surface area contributed by atoms with Crippen molar-refractivity contribution in [3.8, 4) is 22.8 Å². The molecule has 0 aliphatic carbocycles. The van der Waals surface area contributed by atoms with Crippen molar-refractivity contribution >= 4 is 11.4 Å². The molecule has 0 bridgehead atoms. The third-order valence-electron chi connectivity index (χ3n) is 5.62. The second kappa shape index (κ2) is 8.33. The molecule has 3 heterocycles. The number of hydrogen-bond acceptors (Lipinski definition) is 5. The number of H-pyrrole nitrogens is 1. The first-order valence-corrected chi connectivity index (χ1v) is 9.87. The lowest BCUT2D eigenvalue weighted by Crippen LogP contribution is -2.55. The Bertz CT molecular complexity index is 1060. The number of carbonyl (C=O) groups is 1. The van der Waals surface area contributed by atoms with Crippen LogP contribution in [0.4, 0.5) is 0 Å². The van der Waals surface area contributed by atoms with Crippen molar-refractivity contribution in [2.45, 2.75) is 18.4 Å². The van der Waals surface area contributed by atoms with E-state index in [1.54, 1.807) is 14.2 Å². The maximum Gasteiger partial charge on any atom is 0.351 e. The van der Waals surface area contributed by atoms with Gasteiger partial charge in [0.25, 0.3) is 0 Å². The van der Waals surface area contributed by atoms with E-state index in [2.05, 4.69) is 10.3 Å². The molecule has 0 radical (unpaired) electrons. The summed E-state index contributed by atoms with van der Waals surface area (Å²) >= 11 is 0. The average molecular weight is 412 g/mol. The lowest BCUT2D eigenvalue weighted by molar-refractivity contribution is -0.514.